The van der Waals surface area contributed by atoms with Crippen LogP contribution in [0.1, 0.15) is 52.9 Å². The minimum Gasteiger partial charge on any atom is -0.354 e. The fourth-order valence-electron chi connectivity index (χ4n) is 3.28. The normalized spacial score (nSPS) is 26.8. The zero-order chi connectivity index (χ0) is 13.5. The lowest BCUT2D eigenvalue weighted by molar-refractivity contribution is -0.121. The van der Waals surface area contributed by atoms with Crippen molar-refractivity contribution in [1.82, 2.24) is 5.32 Å². The molecule has 3 atom stereocenters. The highest BCUT2D eigenvalue weighted by Crippen LogP contribution is 2.29. The van der Waals surface area contributed by atoms with E-state index in [0.29, 0.717) is 6.04 Å². The molecule has 108 valence electrons. The number of methoxy groups -OCH3 is 2. The Morgan fingerprint density at radius 1 is 1.11 bits per heavy atom. The number of hydrogen-bond acceptors (Lipinski definition) is 3. The van der Waals surface area contributed by atoms with Gasteiger partial charge in [0.05, 0.1) is 6.04 Å². The molecule has 1 rings (SSSR count). The van der Waals surface area contributed by atoms with E-state index in [1.165, 1.54) is 32.1 Å². The van der Waals surface area contributed by atoms with E-state index < -0.39 is 0 Å². The van der Waals surface area contributed by atoms with Crippen LogP contribution in [0, 0.1) is 11.8 Å². The second-order valence-electron chi connectivity index (χ2n) is 6.15. The quantitative estimate of drug-likeness (QED) is 0.711. The fraction of sp³-hybridized carbons (Fsp3) is 1.00. The summed E-state index contributed by atoms with van der Waals surface area (Å²) in [6, 6.07) is 0.882. The molecule has 0 spiro atoms. The summed E-state index contributed by atoms with van der Waals surface area (Å²) in [7, 11) is 3.41. The van der Waals surface area contributed by atoms with Crippen LogP contribution in [-0.4, -0.2) is 32.6 Å². The Kier molecular flexibility index (Phi) is 7.20. The van der Waals surface area contributed by atoms with Gasteiger partial charge in [-0.2, -0.15) is 0 Å². The number of ether oxygens (including phenoxy) is 2. The highest BCUT2D eigenvalue weighted by atomic mass is 16.7. The van der Waals surface area contributed by atoms with Gasteiger partial charge < -0.3 is 14.8 Å². The molecule has 0 bridgehead atoms. The van der Waals surface area contributed by atoms with Crippen molar-refractivity contribution in [3.8, 4) is 0 Å². The van der Waals surface area contributed by atoms with Crippen molar-refractivity contribution >= 4 is 0 Å². The average Bonchev–Trinajstić information content (AvgIpc) is 2.30. The van der Waals surface area contributed by atoms with Crippen molar-refractivity contribution in [3.05, 3.63) is 0 Å². The molecule has 3 unspecified atom stereocenters. The summed E-state index contributed by atoms with van der Waals surface area (Å²) >= 11 is 0. The van der Waals surface area contributed by atoms with Crippen molar-refractivity contribution in [2.75, 3.05) is 14.2 Å². The standard InChI is InChI=1S/C15H31NO2/c1-11(2)9-13-7-6-8-14(10-13)16-12(3)15(17-4)18-5/h11-16H,6-10H2,1-5H3. The molecule has 0 aromatic rings. The monoisotopic (exact) mass is 257 g/mol. The van der Waals surface area contributed by atoms with Crippen molar-refractivity contribution in [2.24, 2.45) is 11.8 Å². The second kappa shape index (κ2) is 8.13. The lowest BCUT2D eigenvalue weighted by atomic mass is 9.81. The first-order chi connectivity index (χ1) is 8.56. The van der Waals surface area contributed by atoms with Crippen LogP contribution in [0.25, 0.3) is 0 Å². The SMILES string of the molecule is COC(OC)C(C)NC1CCCC(CC(C)C)C1. The van der Waals surface area contributed by atoms with Crippen LogP contribution in [0.4, 0.5) is 0 Å². The largest absolute Gasteiger partial charge is 0.354 e. The molecule has 1 aliphatic rings. The summed E-state index contributed by atoms with van der Waals surface area (Å²) in [5.41, 5.74) is 0. The van der Waals surface area contributed by atoms with Gasteiger partial charge in [-0.3, -0.25) is 0 Å². The van der Waals surface area contributed by atoms with Gasteiger partial charge >= 0.3 is 0 Å². The molecule has 1 fully saturated rings. The highest BCUT2D eigenvalue weighted by molar-refractivity contribution is 4.81. The number of hydrogen-bond donors (Lipinski definition) is 1. The third-order valence-corrected chi connectivity index (χ3v) is 3.96. The van der Waals surface area contributed by atoms with Crippen LogP contribution < -0.4 is 5.32 Å². The summed E-state index contributed by atoms with van der Waals surface area (Å²) in [5.74, 6) is 1.71. The van der Waals surface area contributed by atoms with E-state index in [1.807, 2.05) is 0 Å². The Bertz CT molecular complexity index is 217. The van der Waals surface area contributed by atoms with Crippen LogP contribution in [0.15, 0.2) is 0 Å². The molecule has 0 heterocycles. The molecule has 3 heteroatoms. The molecule has 0 radical (unpaired) electrons. The van der Waals surface area contributed by atoms with Gasteiger partial charge in [0, 0.05) is 20.3 Å². The maximum atomic E-state index is 5.31. The van der Waals surface area contributed by atoms with E-state index in [9.17, 15) is 0 Å². The van der Waals surface area contributed by atoms with Crippen molar-refractivity contribution in [3.63, 3.8) is 0 Å². The summed E-state index contributed by atoms with van der Waals surface area (Å²) in [5, 5.41) is 3.67. The third-order valence-electron chi connectivity index (χ3n) is 3.96. The molecule has 0 saturated heterocycles. The molecule has 1 saturated carbocycles. The van der Waals surface area contributed by atoms with Crippen LogP contribution in [0.5, 0.6) is 0 Å². The molecular formula is C15H31NO2. The van der Waals surface area contributed by atoms with Crippen molar-refractivity contribution in [1.29, 1.82) is 0 Å². The van der Waals surface area contributed by atoms with Gasteiger partial charge in [0.2, 0.25) is 0 Å². The van der Waals surface area contributed by atoms with Gasteiger partial charge in [-0.25, -0.2) is 0 Å². The first-order valence-corrected chi connectivity index (χ1v) is 7.38. The zero-order valence-electron chi connectivity index (χ0n) is 12.7. The first-order valence-electron chi connectivity index (χ1n) is 7.38. The van der Waals surface area contributed by atoms with E-state index in [-0.39, 0.29) is 12.3 Å². The topological polar surface area (TPSA) is 30.5 Å². The Labute approximate surface area is 113 Å². The molecule has 1 N–H and O–H groups in total. The molecular weight excluding hydrogens is 226 g/mol. The third kappa shape index (κ3) is 5.25. The van der Waals surface area contributed by atoms with Crippen molar-refractivity contribution in [2.45, 2.75) is 71.2 Å². The van der Waals surface area contributed by atoms with Crippen LogP contribution in [0.2, 0.25) is 0 Å². The minimum absolute atomic E-state index is 0.143. The first kappa shape index (κ1) is 15.9. The van der Waals surface area contributed by atoms with Crippen LogP contribution in [0.3, 0.4) is 0 Å². The Morgan fingerprint density at radius 2 is 1.78 bits per heavy atom. The molecule has 0 aliphatic heterocycles. The lowest BCUT2D eigenvalue weighted by Gasteiger charge is -2.34. The Hall–Kier alpha value is -0.120. The minimum atomic E-state index is -0.143. The molecule has 0 aromatic carbocycles. The van der Waals surface area contributed by atoms with Gasteiger partial charge in [-0.05, 0) is 38.0 Å². The fourth-order valence-corrected chi connectivity index (χ4v) is 3.28. The average molecular weight is 257 g/mol. The van der Waals surface area contributed by atoms with Gasteiger partial charge in [-0.15, -0.1) is 0 Å². The maximum Gasteiger partial charge on any atom is 0.171 e. The van der Waals surface area contributed by atoms with Gasteiger partial charge in [0.25, 0.3) is 0 Å². The van der Waals surface area contributed by atoms with E-state index in [1.54, 1.807) is 14.2 Å². The van der Waals surface area contributed by atoms with E-state index in [4.69, 9.17) is 9.47 Å². The molecule has 3 nitrogen and oxygen atoms in total. The van der Waals surface area contributed by atoms with E-state index in [0.717, 1.165) is 11.8 Å². The summed E-state index contributed by atoms with van der Waals surface area (Å²) in [4.78, 5) is 0. The summed E-state index contributed by atoms with van der Waals surface area (Å²) in [6.45, 7) is 6.79. The highest BCUT2D eigenvalue weighted by Gasteiger charge is 2.25. The van der Waals surface area contributed by atoms with Gasteiger partial charge in [0.1, 0.15) is 0 Å². The molecule has 18 heavy (non-hydrogen) atoms. The van der Waals surface area contributed by atoms with Gasteiger partial charge in [-0.1, -0.05) is 26.7 Å². The van der Waals surface area contributed by atoms with E-state index in [2.05, 4.69) is 26.1 Å². The van der Waals surface area contributed by atoms with Crippen LogP contribution in [-0.2, 0) is 9.47 Å². The molecule has 0 aromatic heterocycles. The smallest absolute Gasteiger partial charge is 0.171 e. The Balaban J connectivity index is 2.37. The van der Waals surface area contributed by atoms with E-state index >= 15 is 0 Å². The lowest BCUT2D eigenvalue weighted by Crippen LogP contribution is -2.46. The number of nitrogens with one attached hydrogen (secondary N) is 1. The predicted octanol–water partition coefficient (Wildman–Crippen LogP) is 3.19. The molecule has 1 aliphatic carbocycles. The van der Waals surface area contributed by atoms with Gasteiger partial charge in [0.15, 0.2) is 6.29 Å². The number of rotatable bonds is 7. The zero-order valence-corrected chi connectivity index (χ0v) is 12.7. The summed E-state index contributed by atoms with van der Waals surface area (Å²) in [6.07, 6.45) is 6.58. The maximum absolute atomic E-state index is 5.31. The molecule has 0 amide bonds. The Morgan fingerprint density at radius 3 is 2.33 bits per heavy atom. The summed E-state index contributed by atoms with van der Waals surface area (Å²) < 4.78 is 10.6. The van der Waals surface area contributed by atoms with Crippen molar-refractivity contribution < 1.29 is 9.47 Å². The second-order valence-corrected chi connectivity index (χ2v) is 6.15. The van der Waals surface area contributed by atoms with Crippen LogP contribution >= 0.6 is 0 Å². The predicted molar refractivity (Wildman–Crippen MR) is 75.6 cm³/mol.